The van der Waals surface area contributed by atoms with E-state index in [-0.39, 0.29) is 5.56 Å². The van der Waals surface area contributed by atoms with Gasteiger partial charge in [0.1, 0.15) is 0 Å². The van der Waals surface area contributed by atoms with Crippen LogP contribution in [-0.2, 0) is 10.9 Å². The summed E-state index contributed by atoms with van der Waals surface area (Å²) in [7, 11) is 0. The number of likely N-dealkylation sites (N-methyl/N-ethyl adjacent to an activating group) is 1. The highest BCUT2D eigenvalue weighted by atomic mass is 19.4. The summed E-state index contributed by atoms with van der Waals surface area (Å²) in [6.45, 7) is 6.72. The van der Waals surface area contributed by atoms with E-state index >= 15 is 0 Å². The second-order valence-corrected chi connectivity index (χ2v) is 8.35. The Balaban J connectivity index is 1.62. The molecule has 0 saturated carbocycles. The van der Waals surface area contributed by atoms with Gasteiger partial charge in [0, 0.05) is 42.6 Å². The summed E-state index contributed by atoms with van der Waals surface area (Å²) >= 11 is 0. The van der Waals surface area contributed by atoms with Gasteiger partial charge in [-0.05, 0) is 49.7 Å². The van der Waals surface area contributed by atoms with Crippen molar-refractivity contribution >= 4 is 23.1 Å². The number of morpholine rings is 1. The molecule has 2 aliphatic rings. The first-order valence-electron chi connectivity index (χ1n) is 11.3. The number of halogens is 3. The minimum absolute atomic E-state index is 0.0910. The number of nitrogens with one attached hydrogen (secondary N) is 1. The summed E-state index contributed by atoms with van der Waals surface area (Å²) in [6, 6.07) is 9.52. The molecule has 1 fully saturated rings. The van der Waals surface area contributed by atoms with Crippen LogP contribution in [0.15, 0.2) is 53.7 Å². The van der Waals surface area contributed by atoms with Gasteiger partial charge in [0.25, 0.3) is 5.91 Å². The van der Waals surface area contributed by atoms with Gasteiger partial charge in [0.05, 0.1) is 24.5 Å². The number of benzene rings is 2. The summed E-state index contributed by atoms with van der Waals surface area (Å²) in [5.41, 5.74) is 1.70. The number of carbonyl (C=O) groups excluding carboxylic acids is 1. The number of amides is 1. The maximum Gasteiger partial charge on any atom is 0.416 e. The minimum Gasteiger partial charge on any atom is -0.378 e. The van der Waals surface area contributed by atoms with Crippen LogP contribution in [0.25, 0.3) is 5.70 Å². The van der Waals surface area contributed by atoms with Crippen LogP contribution < -0.4 is 5.32 Å². The van der Waals surface area contributed by atoms with Gasteiger partial charge in [0.2, 0.25) is 0 Å². The first kappa shape index (κ1) is 24.7. The molecule has 4 rings (SSSR count). The van der Waals surface area contributed by atoms with Gasteiger partial charge in [0.15, 0.2) is 12.1 Å². The Morgan fingerprint density at radius 2 is 1.94 bits per heavy atom. The van der Waals surface area contributed by atoms with E-state index in [9.17, 15) is 23.1 Å². The summed E-state index contributed by atoms with van der Waals surface area (Å²) in [6.07, 6.45) is -3.65. The van der Waals surface area contributed by atoms with E-state index in [1.807, 2.05) is 24.8 Å². The number of alkyl halides is 3. The average Bonchev–Trinajstić information content (AvgIpc) is 2.85. The third-order valence-electron chi connectivity index (χ3n) is 5.99. The molecule has 35 heavy (non-hydrogen) atoms. The summed E-state index contributed by atoms with van der Waals surface area (Å²) < 4.78 is 44.5. The van der Waals surface area contributed by atoms with Gasteiger partial charge in [-0.25, -0.2) is 4.99 Å². The Bertz CT molecular complexity index is 1160. The van der Waals surface area contributed by atoms with Crippen molar-refractivity contribution in [2.75, 3.05) is 38.2 Å². The van der Waals surface area contributed by atoms with E-state index in [2.05, 4.69) is 5.32 Å². The molecule has 2 aliphatic heterocycles. The number of hydrogen-bond acceptors (Lipinski definition) is 6. The van der Waals surface area contributed by atoms with Crippen LogP contribution in [0, 0.1) is 6.92 Å². The highest BCUT2D eigenvalue weighted by Gasteiger charge is 2.31. The van der Waals surface area contributed by atoms with Gasteiger partial charge < -0.3 is 25.0 Å². The topological polar surface area (TPSA) is 77.4 Å². The zero-order valence-electron chi connectivity index (χ0n) is 19.5. The Hall–Kier alpha value is -3.37. The molecule has 1 unspecified atom stereocenters. The fourth-order valence-corrected chi connectivity index (χ4v) is 4.02. The number of aliphatic hydroxyl groups is 1. The van der Waals surface area contributed by atoms with Crippen LogP contribution in [0.5, 0.6) is 0 Å². The summed E-state index contributed by atoms with van der Waals surface area (Å²) in [5, 5.41) is 13.5. The highest BCUT2D eigenvalue weighted by molar-refractivity contribution is 6.04. The van der Waals surface area contributed by atoms with Crippen molar-refractivity contribution < 1.29 is 27.8 Å². The predicted octanol–water partition coefficient (Wildman–Crippen LogP) is 3.95. The number of ether oxygens (including phenoxy) is 1. The number of anilines is 1. The van der Waals surface area contributed by atoms with Crippen LogP contribution in [0.3, 0.4) is 0 Å². The summed E-state index contributed by atoms with van der Waals surface area (Å²) in [5.74, 6) is -0.114. The average molecular weight is 489 g/mol. The lowest BCUT2D eigenvalue weighted by Crippen LogP contribution is -2.51. The van der Waals surface area contributed by atoms with Crippen molar-refractivity contribution in [2.24, 2.45) is 4.99 Å². The molecule has 1 atom stereocenters. The van der Waals surface area contributed by atoms with E-state index < -0.39 is 23.9 Å². The van der Waals surface area contributed by atoms with E-state index in [1.54, 1.807) is 23.2 Å². The van der Waals surface area contributed by atoms with Crippen molar-refractivity contribution in [3.05, 3.63) is 70.9 Å². The van der Waals surface area contributed by atoms with Crippen molar-refractivity contribution in [1.29, 1.82) is 0 Å². The van der Waals surface area contributed by atoms with Crippen LogP contribution in [0.2, 0.25) is 0 Å². The molecular formula is C25H27F3N4O3. The number of aliphatic hydroxyl groups excluding tert-OH is 1. The first-order valence-corrected chi connectivity index (χ1v) is 11.3. The van der Waals surface area contributed by atoms with E-state index in [0.29, 0.717) is 50.1 Å². The second-order valence-electron chi connectivity index (χ2n) is 8.35. The third kappa shape index (κ3) is 5.49. The quantitative estimate of drug-likeness (QED) is 0.682. The normalized spacial score (nSPS) is 18.7. The van der Waals surface area contributed by atoms with Gasteiger partial charge in [-0.15, -0.1) is 0 Å². The van der Waals surface area contributed by atoms with E-state index in [4.69, 9.17) is 9.73 Å². The molecule has 0 spiro atoms. The van der Waals surface area contributed by atoms with Crippen LogP contribution in [0.1, 0.15) is 34.0 Å². The molecule has 0 aromatic heterocycles. The lowest BCUT2D eigenvalue weighted by atomic mass is 10.0. The van der Waals surface area contributed by atoms with Crippen molar-refractivity contribution in [3.8, 4) is 0 Å². The van der Waals surface area contributed by atoms with Gasteiger partial charge in [-0.1, -0.05) is 12.1 Å². The lowest BCUT2D eigenvalue weighted by molar-refractivity contribution is -0.137. The molecule has 186 valence electrons. The van der Waals surface area contributed by atoms with Crippen LogP contribution >= 0.6 is 0 Å². The Kier molecular flexibility index (Phi) is 7.13. The first-order chi connectivity index (χ1) is 16.7. The number of rotatable bonds is 4. The molecular weight excluding hydrogens is 461 g/mol. The van der Waals surface area contributed by atoms with Crippen molar-refractivity contribution in [1.82, 2.24) is 9.80 Å². The molecule has 7 nitrogen and oxygen atoms in total. The van der Waals surface area contributed by atoms with Gasteiger partial charge in [-0.2, -0.15) is 13.2 Å². The van der Waals surface area contributed by atoms with E-state index in [1.165, 1.54) is 12.1 Å². The number of aryl methyl sites for hydroxylation is 1. The Morgan fingerprint density at radius 1 is 1.20 bits per heavy atom. The number of carbonyl (C=O) groups is 1. The Morgan fingerprint density at radius 3 is 2.63 bits per heavy atom. The predicted molar refractivity (Wildman–Crippen MR) is 127 cm³/mol. The molecule has 2 aromatic carbocycles. The molecule has 10 heteroatoms. The summed E-state index contributed by atoms with van der Waals surface area (Å²) in [4.78, 5) is 21.2. The fourth-order valence-electron chi connectivity index (χ4n) is 4.02. The smallest absolute Gasteiger partial charge is 0.378 e. The minimum atomic E-state index is -4.54. The molecule has 0 aliphatic carbocycles. The molecule has 1 amide bonds. The zero-order chi connectivity index (χ0) is 25.2. The Labute approximate surface area is 201 Å². The standard InChI is InChI=1S/C25H27F3N4O3/c1-3-31-15-21(30-22(24(31)34)32-9-11-35-12-10-32)20-14-19(8-7-16(20)2)29-23(33)17-5-4-6-18(13-17)25(26,27)28/h4-8,13-15,24,34H,3,9-12H2,1-2H3,(H,29,33). The number of nitrogens with zero attached hydrogens (tertiary/aromatic N) is 3. The fraction of sp³-hybridized carbons (Fsp3) is 0.360. The maximum absolute atomic E-state index is 13.0. The van der Waals surface area contributed by atoms with Crippen LogP contribution in [-0.4, -0.2) is 65.7 Å². The molecule has 0 radical (unpaired) electrons. The number of aliphatic imine (C=N–C) groups is 1. The number of amidine groups is 1. The van der Waals surface area contributed by atoms with Crippen LogP contribution in [0.4, 0.5) is 18.9 Å². The molecule has 0 bridgehead atoms. The van der Waals surface area contributed by atoms with E-state index in [0.717, 1.165) is 23.3 Å². The molecule has 2 N–H and O–H groups in total. The monoisotopic (exact) mass is 488 g/mol. The highest BCUT2D eigenvalue weighted by Crippen LogP contribution is 2.31. The number of hydrogen-bond donors (Lipinski definition) is 2. The van der Waals surface area contributed by atoms with Crippen molar-refractivity contribution in [3.63, 3.8) is 0 Å². The van der Waals surface area contributed by atoms with Gasteiger partial charge in [-0.3, -0.25) is 4.79 Å². The zero-order valence-corrected chi connectivity index (χ0v) is 19.5. The SMILES string of the molecule is CCN1C=C(c2cc(NC(=O)c3cccc(C(F)(F)F)c3)ccc2C)N=C(N2CCOCC2)C1O. The molecule has 1 saturated heterocycles. The lowest BCUT2D eigenvalue weighted by Gasteiger charge is -2.38. The largest absolute Gasteiger partial charge is 0.416 e. The second kappa shape index (κ2) is 10.1. The third-order valence-corrected chi connectivity index (χ3v) is 5.99. The van der Waals surface area contributed by atoms with Gasteiger partial charge >= 0.3 is 6.18 Å². The molecule has 2 heterocycles. The maximum atomic E-state index is 13.0. The van der Waals surface area contributed by atoms with Crippen molar-refractivity contribution in [2.45, 2.75) is 26.3 Å². The molecule has 2 aromatic rings.